The van der Waals surface area contributed by atoms with Gasteiger partial charge in [0.25, 0.3) is 0 Å². The fourth-order valence-corrected chi connectivity index (χ4v) is 3.12. The Kier molecular flexibility index (Phi) is 4.80. The van der Waals surface area contributed by atoms with Crippen LogP contribution in [0.4, 0.5) is 0 Å². The first-order valence-corrected chi connectivity index (χ1v) is 7.24. The summed E-state index contributed by atoms with van der Waals surface area (Å²) in [6.07, 6.45) is 4.39. The summed E-state index contributed by atoms with van der Waals surface area (Å²) in [4.78, 5) is 26.0. The summed E-state index contributed by atoms with van der Waals surface area (Å²) in [6, 6.07) is -0.0541. The molecule has 2 rings (SSSR count). The number of hydrogen-bond acceptors (Lipinski definition) is 4. The fourth-order valence-electron chi connectivity index (χ4n) is 3.12. The van der Waals surface area contributed by atoms with Crippen molar-refractivity contribution < 1.29 is 14.3 Å². The third kappa shape index (κ3) is 3.26. The summed E-state index contributed by atoms with van der Waals surface area (Å²) in [5, 5.41) is 3.28. The molecule has 0 spiro atoms. The first kappa shape index (κ1) is 14.3. The van der Waals surface area contributed by atoms with Gasteiger partial charge >= 0.3 is 5.97 Å². The van der Waals surface area contributed by atoms with Crippen LogP contribution in [0.15, 0.2) is 0 Å². The minimum absolute atomic E-state index is 0.0169. The first-order valence-electron chi connectivity index (χ1n) is 7.24. The number of piperidine rings is 1. The van der Waals surface area contributed by atoms with Crippen LogP contribution in [-0.4, -0.2) is 49.1 Å². The fraction of sp³-hybridized carbons (Fsp3) is 0.857. The summed E-state index contributed by atoms with van der Waals surface area (Å²) in [7, 11) is 1.40. The highest BCUT2D eigenvalue weighted by Crippen LogP contribution is 2.24. The number of esters is 1. The zero-order chi connectivity index (χ0) is 13.8. The Balaban J connectivity index is 2.02. The molecule has 0 bridgehead atoms. The zero-order valence-corrected chi connectivity index (χ0v) is 11.9. The molecule has 1 N–H and O–H groups in total. The van der Waals surface area contributed by atoms with Gasteiger partial charge in [-0.1, -0.05) is 6.92 Å². The summed E-state index contributed by atoms with van der Waals surface area (Å²) < 4.78 is 4.74. The first-order chi connectivity index (χ1) is 9.13. The number of nitrogens with zero attached hydrogens (tertiary/aromatic N) is 1. The number of ether oxygens (including phenoxy) is 1. The number of methoxy groups -OCH3 is 1. The van der Waals surface area contributed by atoms with E-state index >= 15 is 0 Å². The van der Waals surface area contributed by atoms with E-state index in [0.717, 1.165) is 38.8 Å². The summed E-state index contributed by atoms with van der Waals surface area (Å²) in [5.74, 6) is 0.323. The van der Waals surface area contributed by atoms with E-state index in [9.17, 15) is 9.59 Å². The molecule has 1 amide bonds. The second-order valence-electron chi connectivity index (χ2n) is 5.66. The van der Waals surface area contributed by atoms with Crippen molar-refractivity contribution in [3.8, 4) is 0 Å². The van der Waals surface area contributed by atoms with E-state index in [-0.39, 0.29) is 24.0 Å². The van der Waals surface area contributed by atoms with Crippen LogP contribution in [0.5, 0.6) is 0 Å². The molecule has 0 aromatic carbocycles. The van der Waals surface area contributed by atoms with E-state index in [0.29, 0.717) is 12.3 Å². The van der Waals surface area contributed by atoms with Crippen LogP contribution >= 0.6 is 0 Å². The SMILES string of the molecule is COC(=O)CC1CCCCN1C(=O)C1NCCC1C. The van der Waals surface area contributed by atoms with Gasteiger partial charge in [-0.2, -0.15) is 0 Å². The molecule has 2 aliphatic rings. The normalized spacial score (nSPS) is 31.3. The number of nitrogens with one attached hydrogen (secondary N) is 1. The Morgan fingerprint density at radius 3 is 2.74 bits per heavy atom. The minimum atomic E-state index is -0.225. The van der Waals surface area contributed by atoms with Crippen LogP contribution in [0.2, 0.25) is 0 Å². The van der Waals surface area contributed by atoms with Crippen LogP contribution < -0.4 is 5.32 Å². The van der Waals surface area contributed by atoms with E-state index in [1.165, 1.54) is 7.11 Å². The third-order valence-corrected chi connectivity index (χ3v) is 4.34. The molecule has 3 atom stereocenters. The standard InChI is InChI=1S/C14H24N2O3/c1-10-6-7-15-13(10)14(18)16-8-4-3-5-11(16)9-12(17)19-2/h10-11,13,15H,3-9H2,1-2H3. The van der Waals surface area contributed by atoms with Gasteiger partial charge in [-0.05, 0) is 38.1 Å². The number of hydrogen-bond donors (Lipinski definition) is 1. The maximum atomic E-state index is 12.6. The van der Waals surface area contributed by atoms with Crippen LogP contribution in [0.1, 0.15) is 39.0 Å². The van der Waals surface area contributed by atoms with Gasteiger partial charge in [0.1, 0.15) is 0 Å². The van der Waals surface area contributed by atoms with Crippen molar-refractivity contribution in [2.24, 2.45) is 5.92 Å². The molecule has 108 valence electrons. The van der Waals surface area contributed by atoms with Crippen molar-refractivity contribution in [2.75, 3.05) is 20.2 Å². The number of carbonyl (C=O) groups excluding carboxylic acids is 2. The molecule has 2 saturated heterocycles. The van der Waals surface area contributed by atoms with Crippen LogP contribution in [0.3, 0.4) is 0 Å². The summed E-state index contributed by atoms with van der Waals surface area (Å²) in [6.45, 7) is 3.79. The Morgan fingerprint density at radius 1 is 1.32 bits per heavy atom. The van der Waals surface area contributed by atoms with Gasteiger partial charge < -0.3 is 15.0 Å². The van der Waals surface area contributed by atoms with Crippen molar-refractivity contribution in [3.05, 3.63) is 0 Å². The predicted octanol–water partition coefficient (Wildman–Crippen LogP) is 0.929. The average Bonchev–Trinajstić information content (AvgIpc) is 2.84. The van der Waals surface area contributed by atoms with Crippen molar-refractivity contribution in [1.29, 1.82) is 0 Å². The predicted molar refractivity (Wildman–Crippen MR) is 71.6 cm³/mol. The van der Waals surface area contributed by atoms with Gasteiger partial charge in [0.2, 0.25) is 5.91 Å². The smallest absolute Gasteiger partial charge is 0.307 e. The molecule has 0 radical (unpaired) electrons. The number of carbonyl (C=O) groups is 2. The van der Waals surface area contributed by atoms with Gasteiger partial charge in [-0.3, -0.25) is 9.59 Å². The van der Waals surface area contributed by atoms with Crippen molar-refractivity contribution in [2.45, 2.75) is 51.1 Å². The van der Waals surface area contributed by atoms with Crippen molar-refractivity contribution in [3.63, 3.8) is 0 Å². The average molecular weight is 268 g/mol. The van der Waals surface area contributed by atoms with Crippen LogP contribution in [0.25, 0.3) is 0 Å². The summed E-state index contributed by atoms with van der Waals surface area (Å²) in [5.41, 5.74) is 0. The molecule has 2 heterocycles. The quantitative estimate of drug-likeness (QED) is 0.774. The molecule has 3 unspecified atom stereocenters. The van der Waals surface area contributed by atoms with Gasteiger partial charge in [-0.25, -0.2) is 0 Å². The van der Waals surface area contributed by atoms with E-state index in [4.69, 9.17) is 4.74 Å². The Labute approximate surface area is 114 Å². The van der Waals surface area contributed by atoms with E-state index in [1.807, 2.05) is 4.90 Å². The molecule has 2 fully saturated rings. The van der Waals surface area contributed by atoms with Gasteiger partial charge in [0.05, 0.1) is 19.6 Å². The van der Waals surface area contributed by atoms with Crippen molar-refractivity contribution in [1.82, 2.24) is 10.2 Å². The van der Waals surface area contributed by atoms with Gasteiger partial charge in [0, 0.05) is 12.6 Å². The number of likely N-dealkylation sites (tertiary alicyclic amines) is 1. The zero-order valence-electron chi connectivity index (χ0n) is 11.9. The van der Waals surface area contributed by atoms with E-state index < -0.39 is 0 Å². The largest absolute Gasteiger partial charge is 0.469 e. The highest BCUT2D eigenvalue weighted by Gasteiger charge is 2.36. The maximum Gasteiger partial charge on any atom is 0.307 e. The molecule has 0 aliphatic carbocycles. The highest BCUT2D eigenvalue weighted by atomic mass is 16.5. The Hall–Kier alpha value is -1.10. The maximum absolute atomic E-state index is 12.6. The topological polar surface area (TPSA) is 58.6 Å². The molecule has 2 aliphatic heterocycles. The monoisotopic (exact) mass is 268 g/mol. The lowest BCUT2D eigenvalue weighted by molar-refractivity contribution is -0.145. The van der Waals surface area contributed by atoms with Crippen LogP contribution in [-0.2, 0) is 14.3 Å². The van der Waals surface area contributed by atoms with Gasteiger partial charge in [0.15, 0.2) is 0 Å². The minimum Gasteiger partial charge on any atom is -0.469 e. The molecule has 0 aromatic heterocycles. The van der Waals surface area contributed by atoms with Crippen LogP contribution in [0, 0.1) is 5.92 Å². The lowest BCUT2D eigenvalue weighted by Gasteiger charge is -2.37. The van der Waals surface area contributed by atoms with E-state index in [2.05, 4.69) is 12.2 Å². The second-order valence-corrected chi connectivity index (χ2v) is 5.66. The molecular formula is C14H24N2O3. The van der Waals surface area contributed by atoms with Gasteiger partial charge in [-0.15, -0.1) is 0 Å². The molecule has 5 heteroatoms. The summed E-state index contributed by atoms with van der Waals surface area (Å²) >= 11 is 0. The molecule has 0 saturated carbocycles. The van der Waals surface area contributed by atoms with Crippen molar-refractivity contribution >= 4 is 11.9 Å². The molecule has 19 heavy (non-hydrogen) atoms. The number of rotatable bonds is 3. The third-order valence-electron chi connectivity index (χ3n) is 4.34. The molecule has 5 nitrogen and oxygen atoms in total. The highest BCUT2D eigenvalue weighted by molar-refractivity contribution is 5.83. The Morgan fingerprint density at radius 2 is 2.11 bits per heavy atom. The second kappa shape index (κ2) is 6.37. The molecular weight excluding hydrogens is 244 g/mol. The number of amides is 1. The van der Waals surface area contributed by atoms with E-state index in [1.54, 1.807) is 0 Å². The Bertz CT molecular complexity index is 346. The lowest BCUT2D eigenvalue weighted by Crippen LogP contribution is -2.52. The lowest BCUT2D eigenvalue weighted by atomic mass is 9.95. The molecule has 0 aromatic rings.